The van der Waals surface area contributed by atoms with E-state index in [-0.39, 0.29) is 0 Å². The van der Waals surface area contributed by atoms with Gasteiger partial charge in [-0.1, -0.05) is 106 Å². The summed E-state index contributed by atoms with van der Waals surface area (Å²) in [5.41, 5.74) is 10.7. The molecule has 2 heterocycles. The first-order valence-electron chi connectivity index (χ1n) is 15.3. The summed E-state index contributed by atoms with van der Waals surface area (Å²) in [6.45, 7) is 12.0. The molecule has 4 aromatic rings. The average molecular weight is 520 g/mol. The Bertz CT molecular complexity index is 1330. The summed E-state index contributed by atoms with van der Waals surface area (Å²) in [6, 6.07) is 27.6. The molecule has 1 atom stereocenters. The molecule has 3 nitrogen and oxygen atoms in total. The van der Waals surface area contributed by atoms with Gasteiger partial charge >= 0.3 is 0 Å². The number of aromatic nitrogens is 2. The van der Waals surface area contributed by atoms with E-state index in [9.17, 15) is 0 Å². The molecule has 3 aromatic carbocycles. The fourth-order valence-corrected chi connectivity index (χ4v) is 6.48. The van der Waals surface area contributed by atoms with E-state index in [2.05, 4.69) is 110 Å². The molecule has 0 saturated carbocycles. The lowest BCUT2D eigenvalue weighted by molar-refractivity contribution is 0.137. The van der Waals surface area contributed by atoms with E-state index in [1.54, 1.807) is 0 Å². The predicted octanol–water partition coefficient (Wildman–Crippen LogP) is 9.04. The third-order valence-electron chi connectivity index (χ3n) is 8.53. The second kappa shape index (κ2) is 12.8. The third kappa shape index (κ3) is 5.75. The van der Waals surface area contributed by atoms with Crippen molar-refractivity contribution in [1.82, 2.24) is 14.5 Å². The summed E-state index contributed by atoms with van der Waals surface area (Å²) in [7, 11) is 0. The Labute approximate surface area is 235 Å². The number of benzene rings is 3. The van der Waals surface area contributed by atoms with E-state index in [1.807, 2.05) is 0 Å². The second-order valence-electron chi connectivity index (χ2n) is 11.0. The van der Waals surface area contributed by atoms with Crippen LogP contribution < -0.4 is 0 Å². The molecule has 1 fully saturated rings. The maximum absolute atomic E-state index is 5.51. The molecule has 39 heavy (non-hydrogen) atoms. The van der Waals surface area contributed by atoms with Gasteiger partial charge in [0, 0.05) is 30.3 Å². The van der Waals surface area contributed by atoms with Crippen LogP contribution in [0.1, 0.15) is 87.4 Å². The Morgan fingerprint density at radius 3 is 2.15 bits per heavy atom. The molecule has 1 aliphatic rings. The second-order valence-corrected chi connectivity index (χ2v) is 11.0. The fraction of sp³-hybridized carbons (Fsp3) is 0.417. The number of hydrogen-bond acceptors (Lipinski definition) is 2. The van der Waals surface area contributed by atoms with E-state index in [0.29, 0.717) is 6.04 Å². The summed E-state index contributed by atoms with van der Waals surface area (Å²) < 4.78 is 2.53. The smallest absolute Gasteiger partial charge is 0.141 e. The highest BCUT2D eigenvalue weighted by Crippen LogP contribution is 2.38. The van der Waals surface area contributed by atoms with Crippen LogP contribution in [0.5, 0.6) is 0 Å². The molecule has 0 spiro atoms. The lowest BCUT2D eigenvalue weighted by Gasteiger charge is -2.36. The van der Waals surface area contributed by atoms with Gasteiger partial charge in [0.25, 0.3) is 0 Å². The number of hydrogen-bond donors (Lipinski definition) is 0. The number of nitrogens with zero attached hydrogens (tertiary/aromatic N) is 3. The normalized spacial score (nSPS) is 16.1. The van der Waals surface area contributed by atoms with Crippen molar-refractivity contribution in [3.63, 3.8) is 0 Å². The van der Waals surface area contributed by atoms with Gasteiger partial charge in [0.2, 0.25) is 0 Å². The molecule has 0 aliphatic carbocycles. The molecule has 204 valence electrons. The van der Waals surface area contributed by atoms with Crippen molar-refractivity contribution in [2.75, 3.05) is 6.54 Å². The quantitative estimate of drug-likeness (QED) is 0.208. The van der Waals surface area contributed by atoms with Crippen LogP contribution in [0, 0.1) is 0 Å². The van der Waals surface area contributed by atoms with Crippen molar-refractivity contribution < 1.29 is 0 Å². The van der Waals surface area contributed by atoms with Crippen molar-refractivity contribution in [3.8, 4) is 22.6 Å². The summed E-state index contributed by atoms with van der Waals surface area (Å²) in [5.74, 6) is 1.14. The molecule has 1 aliphatic heterocycles. The van der Waals surface area contributed by atoms with Gasteiger partial charge in [0.15, 0.2) is 0 Å². The van der Waals surface area contributed by atoms with E-state index >= 15 is 0 Å². The molecule has 1 aromatic heterocycles. The number of likely N-dealkylation sites (tertiary alicyclic amines) is 1. The largest absolute Gasteiger partial charge is 0.327 e. The molecule has 0 radical (unpaired) electrons. The van der Waals surface area contributed by atoms with Crippen molar-refractivity contribution >= 4 is 0 Å². The number of rotatable bonds is 10. The van der Waals surface area contributed by atoms with E-state index in [4.69, 9.17) is 4.98 Å². The Hall–Kier alpha value is -3.17. The predicted molar refractivity (Wildman–Crippen MR) is 165 cm³/mol. The highest BCUT2D eigenvalue weighted by atomic mass is 15.2. The first kappa shape index (κ1) is 27.4. The van der Waals surface area contributed by atoms with Gasteiger partial charge in [0.1, 0.15) is 5.82 Å². The van der Waals surface area contributed by atoms with Gasteiger partial charge in [-0.15, -0.1) is 0 Å². The Balaban J connectivity index is 1.66. The minimum atomic E-state index is 0.456. The summed E-state index contributed by atoms with van der Waals surface area (Å²) in [6.07, 6.45) is 8.09. The number of piperidine rings is 1. The maximum atomic E-state index is 5.51. The Morgan fingerprint density at radius 2 is 1.51 bits per heavy atom. The van der Waals surface area contributed by atoms with E-state index < -0.39 is 0 Å². The van der Waals surface area contributed by atoms with Crippen LogP contribution in [0.25, 0.3) is 22.6 Å². The van der Waals surface area contributed by atoms with E-state index in [1.165, 1.54) is 64.8 Å². The number of aryl methyl sites for hydroxylation is 3. The van der Waals surface area contributed by atoms with Crippen molar-refractivity contribution in [2.24, 2.45) is 0 Å². The molecular weight excluding hydrogens is 474 g/mol. The molecule has 0 amide bonds. The molecule has 3 heteroatoms. The Morgan fingerprint density at radius 1 is 0.795 bits per heavy atom. The molecular formula is C36H45N3. The molecule has 1 unspecified atom stereocenters. The zero-order valence-corrected chi connectivity index (χ0v) is 24.4. The van der Waals surface area contributed by atoms with Gasteiger partial charge in [-0.05, 0) is 67.8 Å². The third-order valence-corrected chi connectivity index (χ3v) is 8.53. The molecule has 0 bridgehead atoms. The lowest BCUT2D eigenvalue weighted by atomic mass is 9.94. The fourth-order valence-electron chi connectivity index (χ4n) is 6.48. The lowest BCUT2D eigenvalue weighted by Crippen LogP contribution is -2.33. The summed E-state index contributed by atoms with van der Waals surface area (Å²) in [4.78, 5) is 8.23. The van der Waals surface area contributed by atoms with Crippen LogP contribution in [0.4, 0.5) is 0 Å². The first-order valence-corrected chi connectivity index (χ1v) is 15.3. The maximum Gasteiger partial charge on any atom is 0.141 e. The molecule has 1 saturated heterocycles. The molecule has 5 rings (SSSR count). The van der Waals surface area contributed by atoms with Crippen LogP contribution in [0.15, 0.2) is 72.8 Å². The van der Waals surface area contributed by atoms with E-state index in [0.717, 1.165) is 50.4 Å². The van der Waals surface area contributed by atoms with Crippen LogP contribution in [0.2, 0.25) is 0 Å². The SMILES string of the molecule is CCCc1ccc(-c2nc(-c3c(CC)cccc3CC)n(CC)c2CN2CCCCC2c2ccccc2)cc1. The van der Waals surface area contributed by atoms with Crippen molar-refractivity contribution in [2.45, 2.75) is 91.8 Å². The standard InChI is InChI=1S/C36H45N3/c1-5-15-27-21-23-31(24-22-27)35-33(26-38-25-13-12-20-32(38)30-16-10-9-11-17-30)39(8-4)36(37-35)34-28(6-2)18-14-19-29(34)7-3/h9-11,14,16-19,21-24,32H,5-8,12-13,15,20,25-26H2,1-4H3. The topological polar surface area (TPSA) is 21.1 Å². The van der Waals surface area contributed by atoms with Gasteiger partial charge in [-0.2, -0.15) is 0 Å². The monoisotopic (exact) mass is 519 g/mol. The minimum absolute atomic E-state index is 0.456. The first-order chi connectivity index (χ1) is 19.2. The zero-order valence-electron chi connectivity index (χ0n) is 24.4. The van der Waals surface area contributed by atoms with Crippen LogP contribution in [-0.2, 0) is 32.4 Å². The van der Waals surface area contributed by atoms with Crippen LogP contribution in [-0.4, -0.2) is 21.0 Å². The van der Waals surface area contributed by atoms with Gasteiger partial charge < -0.3 is 4.57 Å². The highest BCUT2D eigenvalue weighted by Gasteiger charge is 2.28. The summed E-state index contributed by atoms with van der Waals surface area (Å²) in [5, 5.41) is 0. The summed E-state index contributed by atoms with van der Waals surface area (Å²) >= 11 is 0. The zero-order chi connectivity index (χ0) is 27.2. The van der Waals surface area contributed by atoms with Crippen LogP contribution >= 0.6 is 0 Å². The van der Waals surface area contributed by atoms with Gasteiger partial charge in [-0.3, -0.25) is 4.90 Å². The van der Waals surface area contributed by atoms with Gasteiger partial charge in [-0.25, -0.2) is 4.98 Å². The van der Waals surface area contributed by atoms with Crippen LogP contribution in [0.3, 0.4) is 0 Å². The number of imidazole rings is 1. The Kier molecular flexibility index (Phi) is 8.98. The van der Waals surface area contributed by atoms with Gasteiger partial charge in [0.05, 0.1) is 11.4 Å². The average Bonchev–Trinajstić information content (AvgIpc) is 3.35. The minimum Gasteiger partial charge on any atom is -0.327 e. The molecule has 0 N–H and O–H groups in total. The van der Waals surface area contributed by atoms with Crippen molar-refractivity contribution in [3.05, 3.63) is 101 Å². The van der Waals surface area contributed by atoms with Crippen molar-refractivity contribution in [1.29, 1.82) is 0 Å². The highest BCUT2D eigenvalue weighted by molar-refractivity contribution is 5.72.